The van der Waals surface area contributed by atoms with Crippen molar-refractivity contribution < 1.29 is 9.53 Å². The summed E-state index contributed by atoms with van der Waals surface area (Å²) in [5, 5.41) is 12.7. The number of methoxy groups -OCH3 is 1. The molecule has 0 fully saturated rings. The first kappa shape index (κ1) is 16.7. The van der Waals surface area contributed by atoms with Gasteiger partial charge in [0.1, 0.15) is 16.8 Å². The molecule has 6 heteroatoms. The maximum Gasteiger partial charge on any atom is 0.229 e. The molecule has 0 aliphatic carbocycles. The summed E-state index contributed by atoms with van der Waals surface area (Å²) in [5.74, 6) is 0.584. The Morgan fingerprint density at radius 2 is 1.96 bits per heavy atom. The monoisotopic (exact) mass is 349 g/mol. The molecule has 1 N–H and O–H groups in total. The van der Waals surface area contributed by atoms with E-state index in [1.165, 1.54) is 11.3 Å². The highest BCUT2D eigenvalue weighted by molar-refractivity contribution is 7.19. The Balaban J connectivity index is 1.74. The maximum absolute atomic E-state index is 12.3. The zero-order valence-corrected chi connectivity index (χ0v) is 14.3. The van der Waals surface area contributed by atoms with Gasteiger partial charge in [-0.25, -0.2) is 0 Å². The summed E-state index contributed by atoms with van der Waals surface area (Å²) >= 11 is 1.38. The largest absolute Gasteiger partial charge is 0.497 e. The van der Waals surface area contributed by atoms with Gasteiger partial charge >= 0.3 is 0 Å². The standard InChI is InChI=1S/C19H15N3O2S/c1-24-16-4-2-13(3-5-16)10-18(23)22-19-15(12-20)11-17(25-19)14-6-8-21-9-7-14/h2-9,11H,10H2,1H3,(H,22,23). The Kier molecular flexibility index (Phi) is 5.07. The molecule has 1 aromatic carbocycles. The SMILES string of the molecule is COc1ccc(CC(=O)Nc2sc(-c3ccncc3)cc2C#N)cc1. The fraction of sp³-hybridized carbons (Fsp3) is 0.105. The van der Waals surface area contributed by atoms with Crippen molar-refractivity contribution in [1.29, 1.82) is 5.26 Å². The number of nitrogens with one attached hydrogen (secondary N) is 1. The summed E-state index contributed by atoms with van der Waals surface area (Å²) in [5.41, 5.74) is 2.30. The van der Waals surface area contributed by atoms with Crippen molar-refractivity contribution in [1.82, 2.24) is 4.98 Å². The van der Waals surface area contributed by atoms with Gasteiger partial charge in [0.25, 0.3) is 0 Å². The molecule has 0 atom stereocenters. The fourth-order valence-electron chi connectivity index (χ4n) is 2.32. The van der Waals surface area contributed by atoms with Gasteiger partial charge in [0.2, 0.25) is 5.91 Å². The van der Waals surface area contributed by atoms with E-state index in [0.29, 0.717) is 10.6 Å². The van der Waals surface area contributed by atoms with E-state index in [1.54, 1.807) is 25.6 Å². The first-order chi connectivity index (χ1) is 12.2. The second-order valence-electron chi connectivity index (χ2n) is 5.27. The molecule has 0 saturated carbocycles. The molecular formula is C19H15N3O2S. The normalized spacial score (nSPS) is 10.1. The smallest absolute Gasteiger partial charge is 0.229 e. The molecule has 0 aliphatic rings. The number of aromatic nitrogens is 1. The number of anilines is 1. The molecule has 0 unspecified atom stereocenters. The van der Waals surface area contributed by atoms with Crippen LogP contribution in [0.3, 0.4) is 0 Å². The van der Waals surface area contributed by atoms with Gasteiger partial charge in [-0.05, 0) is 41.5 Å². The van der Waals surface area contributed by atoms with Gasteiger partial charge in [0.15, 0.2) is 0 Å². The first-order valence-corrected chi connectivity index (χ1v) is 8.38. The second-order valence-corrected chi connectivity index (χ2v) is 6.33. The van der Waals surface area contributed by atoms with Crippen LogP contribution in [-0.4, -0.2) is 18.0 Å². The Labute approximate surface area is 149 Å². The van der Waals surface area contributed by atoms with Crippen LogP contribution in [-0.2, 0) is 11.2 Å². The lowest BCUT2D eigenvalue weighted by molar-refractivity contribution is -0.115. The molecule has 25 heavy (non-hydrogen) atoms. The van der Waals surface area contributed by atoms with E-state index in [9.17, 15) is 10.1 Å². The minimum atomic E-state index is -0.162. The molecule has 0 radical (unpaired) electrons. The number of amides is 1. The van der Waals surface area contributed by atoms with Gasteiger partial charge < -0.3 is 10.1 Å². The van der Waals surface area contributed by atoms with Crippen LogP contribution in [0.25, 0.3) is 10.4 Å². The van der Waals surface area contributed by atoms with E-state index in [4.69, 9.17) is 4.74 Å². The van der Waals surface area contributed by atoms with Crippen molar-refractivity contribution in [3.8, 4) is 22.3 Å². The van der Waals surface area contributed by atoms with Gasteiger partial charge in [-0.2, -0.15) is 5.26 Å². The number of carbonyl (C=O) groups is 1. The summed E-state index contributed by atoms with van der Waals surface area (Å²) in [6.45, 7) is 0. The van der Waals surface area contributed by atoms with Crippen molar-refractivity contribution in [2.75, 3.05) is 12.4 Å². The second kappa shape index (κ2) is 7.60. The van der Waals surface area contributed by atoms with E-state index in [1.807, 2.05) is 36.4 Å². The Hall–Kier alpha value is -3.17. The topological polar surface area (TPSA) is 75.0 Å². The average Bonchev–Trinajstić information content (AvgIpc) is 3.06. The number of pyridine rings is 1. The third kappa shape index (κ3) is 4.03. The molecule has 0 bridgehead atoms. The Bertz CT molecular complexity index is 912. The van der Waals surface area contributed by atoms with Crippen molar-refractivity contribution in [3.05, 3.63) is 66.0 Å². The van der Waals surface area contributed by atoms with Crippen LogP contribution in [0.4, 0.5) is 5.00 Å². The molecule has 0 saturated heterocycles. The molecule has 3 rings (SSSR count). The third-order valence-corrected chi connectivity index (χ3v) is 4.69. The van der Waals surface area contributed by atoms with Crippen LogP contribution in [0.2, 0.25) is 0 Å². The predicted octanol–water partition coefficient (Wildman–Crippen LogP) is 3.87. The number of ether oxygens (including phenoxy) is 1. The van der Waals surface area contributed by atoms with Gasteiger partial charge in [0, 0.05) is 17.3 Å². The summed E-state index contributed by atoms with van der Waals surface area (Å²) in [6, 6.07) is 15.0. The number of nitrogens with zero attached hydrogens (tertiary/aromatic N) is 2. The predicted molar refractivity (Wildman–Crippen MR) is 97.6 cm³/mol. The zero-order chi connectivity index (χ0) is 17.6. The van der Waals surface area contributed by atoms with Gasteiger partial charge in [0.05, 0.1) is 19.1 Å². The number of thiophene rings is 1. The number of hydrogen-bond acceptors (Lipinski definition) is 5. The fourth-order valence-corrected chi connectivity index (χ4v) is 3.35. The molecule has 124 valence electrons. The zero-order valence-electron chi connectivity index (χ0n) is 13.5. The van der Waals surface area contributed by atoms with Crippen molar-refractivity contribution in [2.24, 2.45) is 0 Å². The molecule has 2 aromatic heterocycles. The van der Waals surface area contributed by atoms with Crippen molar-refractivity contribution in [2.45, 2.75) is 6.42 Å². The number of benzene rings is 1. The highest BCUT2D eigenvalue weighted by atomic mass is 32.1. The molecule has 0 aliphatic heterocycles. The van der Waals surface area contributed by atoms with E-state index < -0.39 is 0 Å². The average molecular weight is 349 g/mol. The van der Waals surface area contributed by atoms with Gasteiger partial charge in [-0.3, -0.25) is 9.78 Å². The van der Waals surface area contributed by atoms with E-state index in [0.717, 1.165) is 21.8 Å². The van der Waals surface area contributed by atoms with Crippen molar-refractivity contribution >= 4 is 22.2 Å². The van der Waals surface area contributed by atoms with Crippen LogP contribution in [0.5, 0.6) is 5.75 Å². The van der Waals surface area contributed by atoms with E-state index >= 15 is 0 Å². The third-order valence-electron chi connectivity index (χ3n) is 3.59. The highest BCUT2D eigenvalue weighted by Gasteiger charge is 2.13. The number of carbonyl (C=O) groups excluding carboxylic acids is 1. The molecule has 3 aromatic rings. The summed E-state index contributed by atoms with van der Waals surface area (Å²) in [7, 11) is 1.60. The Morgan fingerprint density at radius 3 is 2.60 bits per heavy atom. The number of nitriles is 1. The maximum atomic E-state index is 12.3. The summed E-state index contributed by atoms with van der Waals surface area (Å²) in [4.78, 5) is 17.2. The quantitative estimate of drug-likeness (QED) is 0.759. The number of rotatable bonds is 5. The number of hydrogen-bond donors (Lipinski definition) is 1. The van der Waals surface area contributed by atoms with Gasteiger partial charge in [-0.1, -0.05) is 12.1 Å². The molecule has 1 amide bonds. The van der Waals surface area contributed by atoms with Crippen LogP contribution < -0.4 is 10.1 Å². The minimum absolute atomic E-state index is 0.162. The molecular weight excluding hydrogens is 334 g/mol. The van der Waals surface area contributed by atoms with Crippen LogP contribution in [0.1, 0.15) is 11.1 Å². The molecule has 2 heterocycles. The highest BCUT2D eigenvalue weighted by Crippen LogP contribution is 2.34. The lowest BCUT2D eigenvalue weighted by atomic mass is 10.1. The minimum Gasteiger partial charge on any atom is -0.497 e. The molecule has 0 spiro atoms. The van der Waals surface area contributed by atoms with Crippen LogP contribution in [0.15, 0.2) is 54.9 Å². The van der Waals surface area contributed by atoms with E-state index in [-0.39, 0.29) is 12.3 Å². The van der Waals surface area contributed by atoms with Crippen LogP contribution in [0, 0.1) is 11.3 Å². The van der Waals surface area contributed by atoms with E-state index in [2.05, 4.69) is 16.4 Å². The summed E-state index contributed by atoms with van der Waals surface area (Å²) < 4.78 is 5.11. The lowest BCUT2D eigenvalue weighted by Crippen LogP contribution is -2.14. The Morgan fingerprint density at radius 1 is 1.24 bits per heavy atom. The van der Waals surface area contributed by atoms with Gasteiger partial charge in [-0.15, -0.1) is 11.3 Å². The lowest BCUT2D eigenvalue weighted by Gasteiger charge is -2.05. The molecule has 5 nitrogen and oxygen atoms in total. The first-order valence-electron chi connectivity index (χ1n) is 7.56. The van der Waals surface area contributed by atoms with Crippen LogP contribution >= 0.6 is 11.3 Å². The van der Waals surface area contributed by atoms with Crippen molar-refractivity contribution in [3.63, 3.8) is 0 Å². The summed E-state index contributed by atoms with van der Waals surface area (Å²) in [6.07, 6.45) is 3.63.